The molecule has 2 N–H and O–H groups in total. The lowest BCUT2D eigenvalue weighted by Gasteiger charge is -2.07. The van der Waals surface area contributed by atoms with E-state index in [0.717, 1.165) is 5.03 Å². The number of nitrogens with one attached hydrogen (secondary N) is 1. The number of hydrogen-bond donors (Lipinski definition) is 2. The standard InChI is InChI=1S/C15H20N2O6S2/c18-12(4-10-24-25-13-3-1-2-5-17-13)16-6-7-22-8-9-23-15(21)11-14(19)20/h1-3,5H,4,6-11H2,(H,16,18)(H,19,20). The Balaban J connectivity index is 1.90. The van der Waals surface area contributed by atoms with Gasteiger partial charge in [0.1, 0.15) is 18.1 Å². The number of aromatic nitrogens is 1. The minimum absolute atomic E-state index is 0.0125. The number of aliphatic carboxylic acids is 1. The van der Waals surface area contributed by atoms with Gasteiger partial charge < -0.3 is 19.9 Å². The third-order valence-corrected chi connectivity index (χ3v) is 4.82. The molecule has 0 saturated heterocycles. The minimum Gasteiger partial charge on any atom is -0.481 e. The Bertz CT molecular complexity index is 544. The van der Waals surface area contributed by atoms with Gasteiger partial charge in [0.2, 0.25) is 5.91 Å². The molecule has 0 fully saturated rings. The molecule has 1 aromatic rings. The van der Waals surface area contributed by atoms with Crippen molar-refractivity contribution < 1.29 is 29.0 Å². The van der Waals surface area contributed by atoms with Crippen LogP contribution in [0.2, 0.25) is 0 Å². The predicted molar refractivity (Wildman–Crippen MR) is 94.2 cm³/mol. The van der Waals surface area contributed by atoms with E-state index < -0.39 is 18.4 Å². The first-order chi connectivity index (χ1) is 12.1. The lowest BCUT2D eigenvalue weighted by Crippen LogP contribution is -2.27. The lowest BCUT2D eigenvalue weighted by atomic mass is 10.4. The highest BCUT2D eigenvalue weighted by molar-refractivity contribution is 8.76. The molecule has 1 aromatic heterocycles. The van der Waals surface area contributed by atoms with Gasteiger partial charge in [-0.2, -0.15) is 0 Å². The molecule has 0 aromatic carbocycles. The van der Waals surface area contributed by atoms with Crippen LogP contribution in [0.25, 0.3) is 0 Å². The van der Waals surface area contributed by atoms with Gasteiger partial charge in [-0.25, -0.2) is 4.98 Å². The molecular weight excluding hydrogens is 368 g/mol. The number of carbonyl (C=O) groups excluding carboxylic acids is 2. The quantitative estimate of drug-likeness (QED) is 0.224. The minimum atomic E-state index is -1.23. The average Bonchev–Trinajstić information content (AvgIpc) is 2.58. The predicted octanol–water partition coefficient (Wildman–Crippen LogP) is 1.36. The van der Waals surface area contributed by atoms with E-state index in [9.17, 15) is 14.4 Å². The lowest BCUT2D eigenvalue weighted by molar-refractivity contribution is -0.152. The summed E-state index contributed by atoms with van der Waals surface area (Å²) in [6.07, 6.45) is 1.46. The van der Waals surface area contributed by atoms with E-state index in [0.29, 0.717) is 18.7 Å². The zero-order valence-corrected chi connectivity index (χ0v) is 15.1. The smallest absolute Gasteiger partial charge is 0.317 e. The van der Waals surface area contributed by atoms with Crippen LogP contribution in [0.3, 0.4) is 0 Å². The summed E-state index contributed by atoms with van der Waals surface area (Å²) in [5, 5.41) is 12.0. The van der Waals surface area contributed by atoms with Crippen LogP contribution in [0.15, 0.2) is 29.4 Å². The van der Waals surface area contributed by atoms with Gasteiger partial charge in [-0.1, -0.05) is 16.9 Å². The molecule has 0 aliphatic rings. The Morgan fingerprint density at radius 3 is 2.76 bits per heavy atom. The molecule has 25 heavy (non-hydrogen) atoms. The van der Waals surface area contributed by atoms with E-state index in [1.807, 2.05) is 18.2 Å². The molecular formula is C15H20N2O6S2. The molecule has 0 bridgehead atoms. The monoisotopic (exact) mass is 388 g/mol. The number of carboxylic acid groups (broad SMARTS) is 1. The molecule has 0 spiro atoms. The molecule has 0 aliphatic carbocycles. The van der Waals surface area contributed by atoms with E-state index in [-0.39, 0.29) is 25.7 Å². The van der Waals surface area contributed by atoms with E-state index >= 15 is 0 Å². The fraction of sp³-hybridized carbons (Fsp3) is 0.467. The SMILES string of the molecule is O=C(O)CC(=O)OCCOCCNC(=O)CCSSc1ccccn1. The Hall–Kier alpha value is -1.78. The molecule has 0 saturated carbocycles. The van der Waals surface area contributed by atoms with Crippen molar-refractivity contribution in [2.75, 3.05) is 32.1 Å². The molecule has 1 heterocycles. The number of carboxylic acids is 1. The third kappa shape index (κ3) is 12.3. The summed E-state index contributed by atoms with van der Waals surface area (Å²) in [4.78, 5) is 36.9. The average molecular weight is 388 g/mol. The normalized spacial score (nSPS) is 10.2. The first-order valence-electron chi connectivity index (χ1n) is 7.50. The van der Waals surface area contributed by atoms with E-state index in [1.165, 1.54) is 10.8 Å². The highest BCUT2D eigenvalue weighted by atomic mass is 33.1. The molecule has 0 unspecified atom stereocenters. The van der Waals surface area contributed by atoms with Crippen LogP contribution in [-0.4, -0.2) is 60.1 Å². The van der Waals surface area contributed by atoms with Crippen molar-refractivity contribution in [3.05, 3.63) is 24.4 Å². The summed E-state index contributed by atoms with van der Waals surface area (Å²) >= 11 is 0. The van der Waals surface area contributed by atoms with E-state index in [1.54, 1.807) is 17.0 Å². The number of carbonyl (C=O) groups is 3. The summed E-state index contributed by atoms with van der Waals surface area (Å²) in [5.41, 5.74) is 0. The summed E-state index contributed by atoms with van der Waals surface area (Å²) in [6.45, 7) is 0.789. The number of amides is 1. The van der Waals surface area contributed by atoms with Crippen LogP contribution < -0.4 is 5.32 Å². The molecule has 0 aliphatic heterocycles. The van der Waals surface area contributed by atoms with Gasteiger partial charge in [0.05, 0.1) is 13.2 Å². The van der Waals surface area contributed by atoms with E-state index in [2.05, 4.69) is 15.0 Å². The maximum Gasteiger partial charge on any atom is 0.317 e. The van der Waals surface area contributed by atoms with Gasteiger partial charge in [-0.15, -0.1) is 0 Å². The van der Waals surface area contributed by atoms with Gasteiger partial charge in [0, 0.05) is 24.9 Å². The Labute approximate surface area is 153 Å². The summed E-state index contributed by atoms with van der Waals surface area (Å²) < 4.78 is 9.81. The Kier molecular flexibility index (Phi) is 11.5. The number of hydrogen-bond acceptors (Lipinski definition) is 8. The van der Waals surface area contributed by atoms with E-state index in [4.69, 9.17) is 9.84 Å². The second kappa shape index (κ2) is 13.5. The van der Waals surface area contributed by atoms with Crippen molar-refractivity contribution in [2.45, 2.75) is 17.9 Å². The second-order valence-electron chi connectivity index (χ2n) is 4.58. The van der Waals surface area contributed by atoms with Gasteiger partial charge in [-0.3, -0.25) is 14.4 Å². The number of nitrogens with zero attached hydrogens (tertiary/aromatic N) is 1. The van der Waals surface area contributed by atoms with Crippen LogP contribution in [0.5, 0.6) is 0 Å². The van der Waals surface area contributed by atoms with Crippen molar-refractivity contribution in [1.29, 1.82) is 0 Å². The maximum absolute atomic E-state index is 11.6. The molecule has 1 amide bonds. The van der Waals surface area contributed by atoms with Gasteiger partial charge >= 0.3 is 11.9 Å². The van der Waals surface area contributed by atoms with Gasteiger partial charge in [-0.05, 0) is 22.9 Å². The molecule has 138 valence electrons. The maximum atomic E-state index is 11.6. The summed E-state index contributed by atoms with van der Waals surface area (Å²) in [7, 11) is 3.09. The van der Waals surface area contributed by atoms with Crippen LogP contribution >= 0.6 is 21.6 Å². The van der Waals surface area contributed by atoms with Crippen molar-refractivity contribution >= 4 is 39.4 Å². The first-order valence-corrected chi connectivity index (χ1v) is 9.82. The number of ether oxygens (including phenoxy) is 2. The van der Waals surface area contributed by atoms with Gasteiger partial charge in [0.15, 0.2) is 0 Å². The zero-order valence-electron chi connectivity index (χ0n) is 13.5. The van der Waals surface area contributed by atoms with Crippen molar-refractivity contribution in [2.24, 2.45) is 0 Å². The van der Waals surface area contributed by atoms with Crippen LogP contribution in [0, 0.1) is 0 Å². The topological polar surface area (TPSA) is 115 Å². The van der Waals surface area contributed by atoms with Crippen molar-refractivity contribution in [3.63, 3.8) is 0 Å². The van der Waals surface area contributed by atoms with Crippen molar-refractivity contribution in [1.82, 2.24) is 10.3 Å². The molecule has 0 atom stereocenters. The zero-order chi connectivity index (χ0) is 18.3. The Morgan fingerprint density at radius 1 is 1.20 bits per heavy atom. The highest BCUT2D eigenvalue weighted by Crippen LogP contribution is 2.29. The number of rotatable bonds is 13. The number of pyridine rings is 1. The molecule has 1 rings (SSSR count). The second-order valence-corrected chi connectivity index (χ2v) is 7.01. The summed E-state index contributed by atoms with van der Waals surface area (Å²) in [5.74, 6) is -1.42. The van der Waals surface area contributed by atoms with Crippen LogP contribution in [0.1, 0.15) is 12.8 Å². The highest BCUT2D eigenvalue weighted by Gasteiger charge is 2.08. The number of esters is 1. The molecule has 0 radical (unpaired) electrons. The van der Waals surface area contributed by atoms with Gasteiger partial charge in [0.25, 0.3) is 0 Å². The van der Waals surface area contributed by atoms with Crippen LogP contribution in [0.4, 0.5) is 0 Å². The largest absolute Gasteiger partial charge is 0.481 e. The first kappa shape index (κ1) is 21.3. The molecule has 8 nitrogen and oxygen atoms in total. The van der Waals surface area contributed by atoms with Crippen LogP contribution in [-0.2, 0) is 23.9 Å². The fourth-order valence-electron chi connectivity index (χ4n) is 1.47. The fourth-order valence-corrected chi connectivity index (χ4v) is 3.34. The Morgan fingerprint density at radius 2 is 2.04 bits per heavy atom. The third-order valence-electron chi connectivity index (χ3n) is 2.55. The molecule has 10 heteroatoms. The summed E-state index contributed by atoms with van der Waals surface area (Å²) in [6, 6.07) is 5.67. The van der Waals surface area contributed by atoms with Crippen molar-refractivity contribution in [3.8, 4) is 0 Å².